The first-order chi connectivity index (χ1) is 18.6. The van der Waals surface area contributed by atoms with Crippen LogP contribution in [0.5, 0.6) is 11.5 Å². The summed E-state index contributed by atoms with van der Waals surface area (Å²) in [7, 11) is 0. The molecule has 1 unspecified atom stereocenters. The lowest BCUT2D eigenvalue weighted by Crippen LogP contribution is -2.22. The third-order valence-electron chi connectivity index (χ3n) is 5.10. The highest BCUT2D eigenvalue weighted by atomic mass is 35.5. The van der Waals surface area contributed by atoms with Crippen LogP contribution in [-0.2, 0) is 15.5 Å². The molecule has 1 aliphatic heterocycles. The van der Waals surface area contributed by atoms with E-state index in [1.807, 2.05) is 41.8 Å². The van der Waals surface area contributed by atoms with Crippen molar-refractivity contribution >= 4 is 52.7 Å². The van der Waals surface area contributed by atoms with E-state index in [4.69, 9.17) is 31.7 Å². The maximum Gasteiger partial charge on any atom is 0.228 e. The van der Waals surface area contributed by atoms with E-state index in [1.165, 1.54) is 0 Å². The molecule has 0 bridgehead atoms. The van der Waals surface area contributed by atoms with Gasteiger partial charge in [0, 0.05) is 26.9 Å². The van der Waals surface area contributed by atoms with Crippen LogP contribution in [0.25, 0.3) is 16.1 Å². The third-order valence-corrected chi connectivity index (χ3v) is 7.09. The molecule has 0 fully saturated rings. The fourth-order valence-electron chi connectivity index (χ4n) is 3.43. The van der Waals surface area contributed by atoms with Gasteiger partial charge in [0.2, 0.25) is 5.91 Å². The summed E-state index contributed by atoms with van der Waals surface area (Å²) in [5, 5.41) is 15.2. The van der Waals surface area contributed by atoms with Gasteiger partial charge in [0.05, 0.1) is 35.3 Å². The second-order valence-corrected chi connectivity index (χ2v) is 9.95. The van der Waals surface area contributed by atoms with E-state index < -0.39 is 0 Å². The van der Waals surface area contributed by atoms with Gasteiger partial charge >= 0.3 is 0 Å². The zero-order valence-electron chi connectivity index (χ0n) is 19.6. The maximum atomic E-state index is 12.6. The lowest BCUT2D eigenvalue weighted by atomic mass is 10.1. The molecule has 3 aromatic carbocycles. The lowest BCUT2D eigenvalue weighted by Gasteiger charge is -2.14. The number of nitrogens with zero attached hydrogens (tertiary/aromatic N) is 4. The molecular formula is C24H21ClN8O3S2. The van der Waals surface area contributed by atoms with Crippen LogP contribution in [0.1, 0.15) is 11.1 Å². The Balaban J connectivity index is 1.48. The number of carbonyl (C=O) groups is 1. The number of benzene rings is 3. The third kappa shape index (κ3) is 7.57. The van der Waals surface area contributed by atoms with Crippen LogP contribution < -0.4 is 21.0 Å². The summed E-state index contributed by atoms with van der Waals surface area (Å²) >= 11 is 8.60. The first kappa shape index (κ1) is 27.2. The quantitative estimate of drug-likeness (QED) is 0.0454. The molecule has 14 heteroatoms. The number of nitrogens with one attached hydrogen (secondary N) is 4. The molecular weight excluding hydrogens is 548 g/mol. The van der Waals surface area contributed by atoms with Gasteiger partial charge in [-0.15, -0.1) is 11.8 Å². The van der Waals surface area contributed by atoms with Gasteiger partial charge in [0.1, 0.15) is 11.5 Å². The zero-order chi connectivity index (χ0) is 26.7. The van der Waals surface area contributed by atoms with Crippen molar-refractivity contribution in [1.82, 2.24) is 10.9 Å². The van der Waals surface area contributed by atoms with Gasteiger partial charge in [0.15, 0.2) is 0 Å². The molecule has 0 aromatic heterocycles. The summed E-state index contributed by atoms with van der Waals surface area (Å²) in [6.07, 6.45) is 0.120. The number of anilines is 1. The van der Waals surface area contributed by atoms with Crippen molar-refractivity contribution in [3.8, 4) is 11.5 Å². The molecule has 1 amide bonds. The van der Waals surface area contributed by atoms with Crippen molar-refractivity contribution in [2.24, 2.45) is 10.3 Å². The van der Waals surface area contributed by atoms with E-state index in [-0.39, 0.29) is 17.7 Å². The van der Waals surface area contributed by atoms with Crippen LogP contribution in [0, 0.1) is 5.53 Å². The van der Waals surface area contributed by atoms with Crippen molar-refractivity contribution in [3.63, 3.8) is 0 Å². The molecule has 0 aliphatic carbocycles. The number of hydrogen-bond acceptors (Lipinski definition) is 9. The van der Waals surface area contributed by atoms with Crippen LogP contribution in [0.2, 0.25) is 5.02 Å². The highest BCUT2D eigenvalue weighted by Gasteiger charge is 2.18. The Morgan fingerprint density at radius 1 is 1.21 bits per heavy atom. The average molecular weight is 569 g/mol. The van der Waals surface area contributed by atoms with Gasteiger partial charge < -0.3 is 15.4 Å². The fraction of sp³-hybridized carbons (Fsp3) is 0.125. The fourth-order valence-corrected chi connectivity index (χ4v) is 5.02. The average Bonchev–Trinajstić information content (AvgIpc) is 3.40. The standard InChI is InChI=1S/C24H21ClN8O3S2/c25-19-7-2-1-4-15(19)11-23(34)29-17-8-9-21(22(12-17)38-36-33-32-27)35-18-6-3-5-16(10-18)20-14-37-24(30-20)13-28-31-26/h1-10,12,14,24,30H,11,13H2,(H2,27,33)(H,29,34). The molecule has 4 N–H and O–H groups in total. The number of halogens is 1. The van der Waals surface area contributed by atoms with Gasteiger partial charge in [-0.3, -0.25) is 4.79 Å². The van der Waals surface area contributed by atoms with Crippen molar-refractivity contribution in [1.29, 1.82) is 5.53 Å². The Bertz CT molecular complexity index is 1400. The number of carbonyl (C=O) groups excluding carboxylic acids is 1. The first-order valence-corrected chi connectivity index (χ1v) is 13.2. The molecule has 11 nitrogen and oxygen atoms in total. The summed E-state index contributed by atoms with van der Waals surface area (Å²) in [5.74, 6) is 0.806. The Kier molecular flexibility index (Phi) is 9.73. The SMILES string of the molecule is [N-]=[N+]=NCC1NC(c2cccc(Oc3ccc(NC(=O)Cc4ccccc4Cl)cc3SONN=N)c2)=CS1. The van der Waals surface area contributed by atoms with Crippen molar-refractivity contribution in [2.45, 2.75) is 16.7 Å². The molecule has 0 radical (unpaired) electrons. The van der Waals surface area contributed by atoms with Gasteiger partial charge in [-0.2, -0.15) is 15.4 Å². The molecule has 1 aliphatic rings. The molecule has 1 heterocycles. The van der Waals surface area contributed by atoms with Gasteiger partial charge in [-0.1, -0.05) is 52.3 Å². The number of azide groups is 1. The maximum absolute atomic E-state index is 12.6. The van der Waals surface area contributed by atoms with Gasteiger partial charge in [-0.25, -0.2) is 0 Å². The normalized spacial score (nSPS) is 14.0. The Labute approximate surface area is 231 Å². The summed E-state index contributed by atoms with van der Waals surface area (Å²) in [6.45, 7) is 0.331. The summed E-state index contributed by atoms with van der Waals surface area (Å²) < 4.78 is 11.3. The molecule has 0 spiro atoms. The second kappa shape index (κ2) is 13.6. The number of amides is 1. The number of thioether (sulfide) groups is 1. The first-order valence-electron chi connectivity index (χ1n) is 11.1. The van der Waals surface area contributed by atoms with Crippen LogP contribution in [0.4, 0.5) is 5.69 Å². The summed E-state index contributed by atoms with van der Waals surface area (Å²) in [4.78, 5) is 15.9. The molecule has 38 heavy (non-hydrogen) atoms. The number of hydrogen-bond donors (Lipinski definition) is 4. The highest BCUT2D eigenvalue weighted by Crippen LogP contribution is 2.36. The molecule has 0 saturated heterocycles. The molecule has 4 rings (SSSR count). The monoisotopic (exact) mass is 568 g/mol. The minimum Gasteiger partial charge on any atom is -0.456 e. The summed E-state index contributed by atoms with van der Waals surface area (Å²) in [6, 6.07) is 19.8. The smallest absolute Gasteiger partial charge is 0.228 e. The van der Waals surface area contributed by atoms with Crippen LogP contribution in [0.15, 0.2) is 87.4 Å². The minimum absolute atomic E-state index is 0.0266. The van der Waals surface area contributed by atoms with Crippen molar-refractivity contribution < 1.29 is 13.8 Å². The van der Waals surface area contributed by atoms with Crippen LogP contribution in [-0.4, -0.2) is 17.8 Å². The second-order valence-electron chi connectivity index (χ2n) is 7.69. The van der Waals surface area contributed by atoms with Crippen molar-refractivity contribution in [3.05, 3.63) is 98.7 Å². The Morgan fingerprint density at radius 2 is 2.08 bits per heavy atom. The van der Waals surface area contributed by atoms with Crippen LogP contribution in [0.3, 0.4) is 0 Å². The highest BCUT2D eigenvalue weighted by molar-refractivity contribution is 8.03. The lowest BCUT2D eigenvalue weighted by molar-refractivity contribution is -0.115. The van der Waals surface area contributed by atoms with E-state index >= 15 is 0 Å². The molecule has 194 valence electrons. The van der Waals surface area contributed by atoms with E-state index in [0.717, 1.165) is 28.9 Å². The molecule has 0 saturated carbocycles. The predicted molar refractivity (Wildman–Crippen MR) is 148 cm³/mol. The van der Waals surface area contributed by atoms with E-state index in [1.54, 1.807) is 42.1 Å². The van der Waals surface area contributed by atoms with Gasteiger partial charge in [0.25, 0.3) is 0 Å². The Hall–Kier alpha value is -3.87. The minimum atomic E-state index is -0.232. The predicted octanol–water partition coefficient (Wildman–Crippen LogP) is 7.06. The molecule has 1 atom stereocenters. The van der Waals surface area contributed by atoms with E-state index in [0.29, 0.717) is 33.6 Å². The van der Waals surface area contributed by atoms with Crippen molar-refractivity contribution in [2.75, 3.05) is 11.9 Å². The number of rotatable bonds is 12. The summed E-state index contributed by atoms with van der Waals surface area (Å²) in [5.41, 5.74) is 20.6. The topological polar surface area (TPSA) is 157 Å². The largest absolute Gasteiger partial charge is 0.456 e. The van der Waals surface area contributed by atoms with E-state index in [9.17, 15) is 4.79 Å². The Morgan fingerprint density at radius 3 is 2.89 bits per heavy atom. The number of ether oxygens (including phenoxy) is 1. The van der Waals surface area contributed by atoms with Gasteiger partial charge in [-0.05, 0) is 52.9 Å². The van der Waals surface area contributed by atoms with Crippen LogP contribution >= 0.6 is 35.4 Å². The van der Waals surface area contributed by atoms with E-state index in [2.05, 4.69) is 31.5 Å². The molecule has 3 aromatic rings. The zero-order valence-corrected chi connectivity index (χ0v) is 22.0.